The predicted octanol–water partition coefficient (Wildman–Crippen LogP) is 2.07. The van der Waals surface area contributed by atoms with Crippen LogP contribution in [0.3, 0.4) is 0 Å². The van der Waals surface area contributed by atoms with Crippen LogP contribution in [0.25, 0.3) is 0 Å². The highest BCUT2D eigenvalue weighted by Gasteiger charge is 2.11. The molecule has 0 radical (unpaired) electrons. The first kappa shape index (κ1) is 14.7. The van der Waals surface area contributed by atoms with Crippen LogP contribution in [-0.4, -0.2) is 47.8 Å². The first-order valence-electron chi connectivity index (χ1n) is 5.49. The van der Waals surface area contributed by atoms with Crippen LogP contribution >= 0.6 is 11.8 Å². The summed E-state index contributed by atoms with van der Waals surface area (Å²) in [4.78, 5) is 23.8. The third-order valence-corrected chi connectivity index (χ3v) is 3.08. The molecule has 0 atom stereocenters. The molecule has 0 spiro atoms. The highest BCUT2D eigenvalue weighted by Crippen LogP contribution is 2.12. The van der Waals surface area contributed by atoms with Crippen LogP contribution in [0.5, 0.6) is 0 Å². The van der Waals surface area contributed by atoms with Crippen LogP contribution in [-0.2, 0) is 0 Å². The van der Waals surface area contributed by atoms with Gasteiger partial charge in [0.05, 0.1) is 11.5 Å². The number of ketones is 1. The first-order chi connectivity index (χ1) is 8.54. The zero-order chi connectivity index (χ0) is 13.5. The normalized spacial score (nSPS) is 10.6. The van der Waals surface area contributed by atoms with Crippen molar-refractivity contribution in [3.05, 3.63) is 39.9 Å². The van der Waals surface area contributed by atoms with E-state index in [2.05, 4.69) is 0 Å². The summed E-state index contributed by atoms with van der Waals surface area (Å²) >= 11 is 1.73. The Morgan fingerprint density at radius 1 is 1.39 bits per heavy atom. The fourth-order valence-corrected chi connectivity index (χ4v) is 1.93. The molecule has 5 nitrogen and oxygen atoms in total. The summed E-state index contributed by atoms with van der Waals surface area (Å²) < 4.78 is 0. The second kappa shape index (κ2) is 7.13. The smallest absolute Gasteiger partial charge is 0.269 e. The monoisotopic (exact) mass is 268 g/mol. The number of benzene rings is 1. The van der Waals surface area contributed by atoms with Gasteiger partial charge < -0.3 is 0 Å². The van der Waals surface area contributed by atoms with Crippen molar-refractivity contribution in [3.63, 3.8) is 0 Å². The van der Waals surface area contributed by atoms with Gasteiger partial charge in [0, 0.05) is 30.0 Å². The number of thioether (sulfide) groups is 1. The van der Waals surface area contributed by atoms with E-state index in [0.29, 0.717) is 12.1 Å². The third kappa shape index (κ3) is 4.46. The Morgan fingerprint density at radius 3 is 2.50 bits per heavy atom. The number of carbonyl (C=O) groups is 1. The van der Waals surface area contributed by atoms with Gasteiger partial charge in [0.1, 0.15) is 0 Å². The Balaban J connectivity index is 2.58. The van der Waals surface area contributed by atoms with Gasteiger partial charge in [0.15, 0.2) is 5.78 Å². The summed E-state index contributed by atoms with van der Waals surface area (Å²) in [6, 6.07) is 5.72. The fourth-order valence-electron chi connectivity index (χ4n) is 1.43. The molecule has 0 saturated carbocycles. The summed E-state index contributed by atoms with van der Waals surface area (Å²) in [5, 5.41) is 10.5. The van der Waals surface area contributed by atoms with Gasteiger partial charge >= 0.3 is 0 Å². The van der Waals surface area contributed by atoms with E-state index in [1.807, 2.05) is 18.2 Å². The summed E-state index contributed by atoms with van der Waals surface area (Å²) in [7, 11) is 1.89. The summed E-state index contributed by atoms with van der Waals surface area (Å²) in [5.41, 5.74) is 0.513. The Hall–Kier alpha value is -1.40. The first-order valence-corrected chi connectivity index (χ1v) is 6.89. The van der Waals surface area contributed by atoms with Crippen molar-refractivity contribution < 1.29 is 9.72 Å². The van der Waals surface area contributed by atoms with E-state index >= 15 is 0 Å². The van der Waals surface area contributed by atoms with Crippen LogP contribution < -0.4 is 0 Å². The average Bonchev–Trinajstić information content (AvgIpc) is 2.36. The van der Waals surface area contributed by atoms with Gasteiger partial charge in [-0.3, -0.25) is 19.8 Å². The molecule has 0 N–H and O–H groups in total. The Kier molecular flexibility index (Phi) is 5.80. The minimum absolute atomic E-state index is 0.00212. The maximum Gasteiger partial charge on any atom is 0.269 e. The molecule has 0 amide bonds. The van der Waals surface area contributed by atoms with E-state index in [1.54, 1.807) is 11.8 Å². The molecular weight excluding hydrogens is 252 g/mol. The molecule has 0 aliphatic carbocycles. The molecule has 0 heterocycles. The molecule has 1 rings (SSSR count). The van der Waals surface area contributed by atoms with E-state index in [4.69, 9.17) is 0 Å². The second-order valence-electron chi connectivity index (χ2n) is 3.96. The number of nitro benzene ring substituents is 1. The van der Waals surface area contributed by atoms with E-state index in [1.165, 1.54) is 24.3 Å². The van der Waals surface area contributed by atoms with Crippen molar-refractivity contribution in [2.75, 3.05) is 32.1 Å². The molecule has 0 bridgehead atoms. The number of hydrogen-bond donors (Lipinski definition) is 0. The molecule has 0 unspecified atom stereocenters. The number of carbonyl (C=O) groups excluding carboxylic acids is 1. The van der Waals surface area contributed by atoms with Crippen LogP contribution in [0.1, 0.15) is 10.4 Å². The molecule has 0 aromatic heterocycles. The zero-order valence-corrected chi connectivity index (χ0v) is 11.3. The second-order valence-corrected chi connectivity index (χ2v) is 4.94. The molecule has 0 saturated heterocycles. The molecule has 6 heteroatoms. The van der Waals surface area contributed by atoms with Crippen LogP contribution in [0.15, 0.2) is 24.3 Å². The molecule has 1 aromatic rings. The van der Waals surface area contributed by atoms with Gasteiger partial charge in [-0.1, -0.05) is 0 Å². The molecule has 0 aliphatic rings. The molecular formula is C12H16N2O3S. The van der Waals surface area contributed by atoms with Crippen LogP contribution in [0, 0.1) is 10.1 Å². The van der Waals surface area contributed by atoms with Crippen molar-refractivity contribution in [2.24, 2.45) is 0 Å². The van der Waals surface area contributed by atoms with Gasteiger partial charge in [-0.2, -0.15) is 11.8 Å². The maximum absolute atomic E-state index is 11.9. The molecule has 0 aliphatic heterocycles. The van der Waals surface area contributed by atoms with Crippen LogP contribution in [0.4, 0.5) is 5.69 Å². The predicted molar refractivity (Wildman–Crippen MR) is 73.3 cm³/mol. The van der Waals surface area contributed by atoms with Crippen molar-refractivity contribution >= 4 is 23.2 Å². The lowest BCUT2D eigenvalue weighted by Crippen LogP contribution is -2.28. The van der Waals surface area contributed by atoms with Gasteiger partial charge in [0.2, 0.25) is 0 Å². The highest BCUT2D eigenvalue weighted by atomic mass is 32.2. The lowest BCUT2D eigenvalue weighted by Gasteiger charge is -2.14. The topological polar surface area (TPSA) is 63.5 Å². The number of non-ortho nitro benzene ring substituents is 1. The highest BCUT2D eigenvalue weighted by molar-refractivity contribution is 7.98. The summed E-state index contributed by atoms with van der Waals surface area (Å²) in [6.45, 7) is 1.18. The van der Waals surface area contributed by atoms with Crippen molar-refractivity contribution in [2.45, 2.75) is 0 Å². The van der Waals surface area contributed by atoms with Gasteiger partial charge in [-0.05, 0) is 25.4 Å². The Bertz CT molecular complexity index is 420. The van der Waals surface area contributed by atoms with Gasteiger partial charge in [-0.25, -0.2) is 0 Å². The standard InChI is InChI=1S/C12H16N2O3S/c1-13(7-8-18-2)9-12(15)10-3-5-11(6-4-10)14(16)17/h3-6H,7-9H2,1-2H3. The number of likely N-dealkylation sites (N-methyl/N-ethyl adjacent to an activating group) is 1. The number of rotatable bonds is 7. The molecule has 1 aromatic carbocycles. The van der Waals surface area contributed by atoms with Gasteiger partial charge in [0.25, 0.3) is 5.69 Å². The lowest BCUT2D eigenvalue weighted by atomic mass is 10.1. The summed E-state index contributed by atoms with van der Waals surface area (Å²) in [5.74, 6) is 0.956. The van der Waals surface area contributed by atoms with E-state index < -0.39 is 4.92 Å². The molecule has 0 fully saturated rings. The molecule has 18 heavy (non-hydrogen) atoms. The minimum Gasteiger partial charge on any atom is -0.298 e. The Labute approximate surface area is 110 Å². The SMILES string of the molecule is CSCCN(C)CC(=O)c1ccc([N+](=O)[O-])cc1. The quantitative estimate of drug-likeness (QED) is 0.430. The van der Waals surface area contributed by atoms with E-state index in [9.17, 15) is 14.9 Å². The lowest BCUT2D eigenvalue weighted by molar-refractivity contribution is -0.384. The average molecular weight is 268 g/mol. The van der Waals surface area contributed by atoms with Gasteiger partial charge in [-0.15, -0.1) is 0 Å². The number of Topliss-reactive ketones (excluding diaryl/α,β-unsaturated/α-hetero) is 1. The van der Waals surface area contributed by atoms with Crippen LogP contribution in [0.2, 0.25) is 0 Å². The third-order valence-electron chi connectivity index (χ3n) is 2.49. The number of nitrogens with zero attached hydrogens (tertiary/aromatic N) is 2. The molecule has 98 valence electrons. The Morgan fingerprint density at radius 2 is 2.00 bits per heavy atom. The number of hydrogen-bond acceptors (Lipinski definition) is 5. The van der Waals surface area contributed by atoms with E-state index in [0.717, 1.165) is 12.3 Å². The van der Waals surface area contributed by atoms with Crippen molar-refractivity contribution in [3.8, 4) is 0 Å². The van der Waals surface area contributed by atoms with Crippen molar-refractivity contribution in [1.29, 1.82) is 0 Å². The van der Waals surface area contributed by atoms with E-state index in [-0.39, 0.29) is 11.5 Å². The largest absolute Gasteiger partial charge is 0.298 e. The maximum atomic E-state index is 11.9. The minimum atomic E-state index is -0.473. The fraction of sp³-hybridized carbons (Fsp3) is 0.417. The summed E-state index contributed by atoms with van der Waals surface area (Å²) in [6.07, 6.45) is 2.02. The van der Waals surface area contributed by atoms with Crippen molar-refractivity contribution in [1.82, 2.24) is 4.90 Å². The zero-order valence-electron chi connectivity index (χ0n) is 10.5. The number of nitro groups is 1.